The van der Waals surface area contributed by atoms with Crippen molar-refractivity contribution in [1.82, 2.24) is 9.38 Å². The minimum Gasteiger partial charge on any atom is -0.354 e. The summed E-state index contributed by atoms with van der Waals surface area (Å²) in [6.45, 7) is 1.96. The van der Waals surface area contributed by atoms with E-state index in [2.05, 4.69) is 26.4 Å². The first-order chi connectivity index (χ1) is 8.26. The maximum absolute atomic E-state index is 6.39. The molecule has 0 bridgehead atoms. The van der Waals surface area contributed by atoms with Gasteiger partial charge in [0.05, 0.1) is 5.54 Å². The summed E-state index contributed by atoms with van der Waals surface area (Å²) < 4.78 is 2.13. The second kappa shape index (κ2) is 3.01. The van der Waals surface area contributed by atoms with Crippen LogP contribution in [0.3, 0.4) is 0 Å². The smallest absolute Gasteiger partial charge is 0.138 e. The van der Waals surface area contributed by atoms with Crippen molar-refractivity contribution in [1.29, 1.82) is 0 Å². The quantitative estimate of drug-likeness (QED) is 0.841. The zero-order valence-electron chi connectivity index (χ0n) is 9.71. The molecule has 0 amide bonds. The number of aromatic nitrogens is 2. The molecule has 0 radical (unpaired) electrons. The largest absolute Gasteiger partial charge is 0.354 e. The van der Waals surface area contributed by atoms with Crippen LogP contribution in [-0.2, 0) is 0 Å². The van der Waals surface area contributed by atoms with Crippen LogP contribution >= 0.6 is 0 Å². The summed E-state index contributed by atoms with van der Waals surface area (Å²) in [5, 5.41) is 0. The van der Waals surface area contributed by atoms with Crippen LogP contribution in [-0.4, -0.2) is 28.0 Å². The van der Waals surface area contributed by atoms with E-state index in [1.807, 2.05) is 18.5 Å². The van der Waals surface area contributed by atoms with E-state index >= 15 is 0 Å². The molecule has 17 heavy (non-hydrogen) atoms. The highest BCUT2D eigenvalue weighted by Gasteiger charge is 2.50. The van der Waals surface area contributed by atoms with Gasteiger partial charge in [-0.15, -0.1) is 0 Å². The Morgan fingerprint density at radius 3 is 2.88 bits per heavy atom. The summed E-state index contributed by atoms with van der Waals surface area (Å²) in [5.74, 6) is 1.97. The van der Waals surface area contributed by atoms with E-state index in [9.17, 15) is 0 Å². The van der Waals surface area contributed by atoms with Gasteiger partial charge in [-0.2, -0.15) is 0 Å². The molecule has 1 aliphatic heterocycles. The van der Waals surface area contributed by atoms with Crippen molar-refractivity contribution >= 4 is 11.5 Å². The molecule has 2 aromatic heterocycles. The van der Waals surface area contributed by atoms with Crippen LogP contribution in [0.5, 0.6) is 0 Å². The fraction of sp³-hybridized carbons (Fsp3) is 0.462. The molecule has 2 N–H and O–H groups in total. The Bertz CT molecular complexity index is 564. The lowest BCUT2D eigenvalue weighted by Crippen LogP contribution is -2.69. The summed E-state index contributed by atoms with van der Waals surface area (Å²) in [4.78, 5) is 6.66. The second-order valence-corrected chi connectivity index (χ2v) is 5.40. The van der Waals surface area contributed by atoms with E-state index in [0.717, 1.165) is 24.7 Å². The molecule has 0 aromatic carbocycles. The summed E-state index contributed by atoms with van der Waals surface area (Å²) >= 11 is 0. The normalized spacial score (nSPS) is 22.8. The zero-order chi connectivity index (χ0) is 11.5. The summed E-state index contributed by atoms with van der Waals surface area (Å²) in [7, 11) is 0. The molecule has 0 unspecified atom stereocenters. The number of anilines is 1. The van der Waals surface area contributed by atoms with Gasteiger partial charge in [-0.25, -0.2) is 4.98 Å². The van der Waals surface area contributed by atoms with Crippen LogP contribution in [0.25, 0.3) is 5.65 Å². The van der Waals surface area contributed by atoms with E-state index < -0.39 is 0 Å². The summed E-state index contributed by atoms with van der Waals surface area (Å²) in [6.07, 6.45) is 6.49. The number of nitrogens with zero attached hydrogens (tertiary/aromatic N) is 3. The van der Waals surface area contributed by atoms with Gasteiger partial charge in [0, 0.05) is 25.5 Å². The van der Waals surface area contributed by atoms with Crippen molar-refractivity contribution < 1.29 is 0 Å². The van der Waals surface area contributed by atoms with Crippen molar-refractivity contribution in [2.45, 2.75) is 18.4 Å². The fourth-order valence-corrected chi connectivity index (χ4v) is 2.93. The average molecular weight is 228 g/mol. The number of pyridine rings is 1. The van der Waals surface area contributed by atoms with Gasteiger partial charge in [0.25, 0.3) is 0 Å². The fourth-order valence-electron chi connectivity index (χ4n) is 2.93. The first-order valence-corrected chi connectivity index (χ1v) is 6.22. The first-order valence-electron chi connectivity index (χ1n) is 6.22. The Kier molecular flexibility index (Phi) is 1.68. The number of fused-ring (bicyclic) bond motifs is 1. The zero-order valence-corrected chi connectivity index (χ0v) is 9.71. The molecule has 4 nitrogen and oxygen atoms in total. The topological polar surface area (TPSA) is 46.6 Å². The first kappa shape index (κ1) is 9.48. The van der Waals surface area contributed by atoms with Crippen molar-refractivity contribution in [3.05, 3.63) is 30.6 Å². The van der Waals surface area contributed by atoms with E-state index in [-0.39, 0.29) is 5.54 Å². The summed E-state index contributed by atoms with van der Waals surface area (Å²) in [6, 6.07) is 6.23. The minimum absolute atomic E-state index is 0.0722. The van der Waals surface area contributed by atoms with Crippen LogP contribution in [0.4, 0.5) is 5.82 Å². The van der Waals surface area contributed by atoms with Gasteiger partial charge in [0.15, 0.2) is 0 Å². The highest BCUT2D eigenvalue weighted by Crippen LogP contribution is 2.44. The molecular formula is C13H16N4. The molecular weight excluding hydrogens is 212 g/mol. The standard InChI is InChI=1S/C13H16N4/c14-13(10-4-5-10)8-16(9-13)12-3-1-2-11-15-6-7-17(11)12/h1-3,6-7,10H,4-5,8-9,14H2. The highest BCUT2D eigenvalue weighted by atomic mass is 15.3. The number of hydrogen-bond acceptors (Lipinski definition) is 3. The molecule has 1 saturated carbocycles. The monoisotopic (exact) mass is 228 g/mol. The lowest BCUT2D eigenvalue weighted by molar-refractivity contribution is 0.288. The molecule has 1 aliphatic carbocycles. The lowest BCUT2D eigenvalue weighted by Gasteiger charge is -2.49. The van der Waals surface area contributed by atoms with Crippen molar-refractivity contribution in [2.75, 3.05) is 18.0 Å². The van der Waals surface area contributed by atoms with Gasteiger partial charge >= 0.3 is 0 Å². The molecule has 0 atom stereocenters. The van der Waals surface area contributed by atoms with Gasteiger partial charge in [-0.1, -0.05) is 6.07 Å². The molecule has 3 heterocycles. The minimum atomic E-state index is 0.0722. The predicted octanol–water partition coefficient (Wildman–Crippen LogP) is 1.26. The highest BCUT2D eigenvalue weighted by molar-refractivity contribution is 5.54. The number of hydrogen-bond donors (Lipinski definition) is 1. The molecule has 88 valence electrons. The van der Waals surface area contributed by atoms with Crippen LogP contribution in [0.1, 0.15) is 12.8 Å². The maximum Gasteiger partial charge on any atom is 0.138 e. The third kappa shape index (κ3) is 1.30. The van der Waals surface area contributed by atoms with Gasteiger partial charge < -0.3 is 10.6 Å². The SMILES string of the molecule is NC1(C2CC2)CN(c2cccc3nccn23)C1. The van der Waals surface area contributed by atoms with E-state index in [0.29, 0.717) is 0 Å². The van der Waals surface area contributed by atoms with Crippen molar-refractivity contribution in [3.63, 3.8) is 0 Å². The van der Waals surface area contributed by atoms with E-state index in [1.165, 1.54) is 18.7 Å². The molecule has 0 spiro atoms. The molecule has 4 rings (SSSR count). The van der Waals surface area contributed by atoms with Gasteiger partial charge in [0.2, 0.25) is 0 Å². The van der Waals surface area contributed by atoms with E-state index in [1.54, 1.807) is 0 Å². The maximum atomic E-state index is 6.39. The van der Waals surface area contributed by atoms with Crippen molar-refractivity contribution in [3.8, 4) is 0 Å². The average Bonchev–Trinajstić information content (AvgIpc) is 3.03. The Morgan fingerprint density at radius 1 is 1.29 bits per heavy atom. The third-order valence-electron chi connectivity index (χ3n) is 4.09. The number of rotatable bonds is 2. The van der Waals surface area contributed by atoms with Crippen molar-refractivity contribution in [2.24, 2.45) is 11.7 Å². The lowest BCUT2D eigenvalue weighted by atomic mass is 9.86. The van der Waals surface area contributed by atoms with Crippen LogP contribution in [0.15, 0.2) is 30.6 Å². The Morgan fingerprint density at radius 2 is 2.12 bits per heavy atom. The Hall–Kier alpha value is -1.55. The number of imidazole rings is 1. The Balaban J connectivity index is 1.66. The second-order valence-electron chi connectivity index (χ2n) is 5.40. The third-order valence-corrected chi connectivity index (χ3v) is 4.09. The number of nitrogens with two attached hydrogens (primary N) is 1. The van der Waals surface area contributed by atoms with Gasteiger partial charge in [-0.05, 0) is 30.9 Å². The molecule has 4 heteroatoms. The molecule has 2 aliphatic rings. The van der Waals surface area contributed by atoms with E-state index in [4.69, 9.17) is 5.73 Å². The molecule has 2 fully saturated rings. The summed E-state index contributed by atoms with van der Waals surface area (Å²) in [5.41, 5.74) is 7.46. The molecule has 1 saturated heterocycles. The van der Waals surface area contributed by atoms with Crippen LogP contribution < -0.4 is 10.6 Å². The Labute approximate surface area is 100 Å². The van der Waals surface area contributed by atoms with Gasteiger partial charge in [0.1, 0.15) is 11.5 Å². The van der Waals surface area contributed by atoms with Gasteiger partial charge in [-0.3, -0.25) is 4.40 Å². The van der Waals surface area contributed by atoms with Crippen LogP contribution in [0, 0.1) is 5.92 Å². The molecule has 2 aromatic rings. The predicted molar refractivity (Wildman–Crippen MR) is 67.0 cm³/mol. The van der Waals surface area contributed by atoms with Crippen LogP contribution in [0.2, 0.25) is 0 Å².